The van der Waals surface area contributed by atoms with Gasteiger partial charge >= 0.3 is 0 Å². The third-order valence-electron chi connectivity index (χ3n) is 4.67. The molecule has 1 aromatic heterocycles. The number of hydrogen-bond acceptors (Lipinski definition) is 1. The van der Waals surface area contributed by atoms with Crippen molar-refractivity contribution in [3.63, 3.8) is 0 Å². The van der Waals surface area contributed by atoms with Crippen LogP contribution < -0.4 is 0 Å². The van der Waals surface area contributed by atoms with Gasteiger partial charge in [-0.05, 0) is 75.4 Å². The van der Waals surface area contributed by atoms with Crippen molar-refractivity contribution in [1.82, 2.24) is 4.98 Å². The second-order valence-electron chi connectivity index (χ2n) is 6.95. The number of benzene rings is 2. The molecule has 3 rings (SSSR count). The predicted molar refractivity (Wildman–Crippen MR) is 104 cm³/mol. The Balaban J connectivity index is 2.33. The minimum atomic E-state index is 1.09. The number of nitrogens with zero attached hydrogens (tertiary/aromatic N) is 1. The molecular formula is C23H25N. The summed E-state index contributed by atoms with van der Waals surface area (Å²) in [6.07, 6.45) is 1.90. The lowest BCUT2D eigenvalue weighted by atomic mass is 9.88. The highest BCUT2D eigenvalue weighted by molar-refractivity contribution is 5.86. The third-order valence-corrected chi connectivity index (χ3v) is 4.67. The number of hydrogen-bond donors (Lipinski definition) is 0. The second-order valence-corrected chi connectivity index (χ2v) is 6.95. The van der Waals surface area contributed by atoms with Gasteiger partial charge in [0.25, 0.3) is 0 Å². The number of pyridine rings is 1. The zero-order valence-corrected chi connectivity index (χ0v) is 15.5. The Hall–Kier alpha value is -2.41. The molecular weight excluding hydrogens is 290 g/mol. The summed E-state index contributed by atoms with van der Waals surface area (Å²) < 4.78 is 0. The molecule has 0 N–H and O–H groups in total. The van der Waals surface area contributed by atoms with Crippen LogP contribution in [0.3, 0.4) is 0 Å². The Labute approximate surface area is 145 Å². The fourth-order valence-corrected chi connectivity index (χ4v) is 3.96. The monoisotopic (exact) mass is 315 g/mol. The van der Waals surface area contributed by atoms with Crippen LogP contribution in [0, 0.1) is 41.5 Å². The molecule has 0 saturated carbocycles. The smallest absolute Gasteiger partial charge is 0.0785 e. The molecule has 1 heteroatoms. The average molecular weight is 315 g/mol. The van der Waals surface area contributed by atoms with Crippen LogP contribution in [0.15, 0.2) is 42.6 Å². The van der Waals surface area contributed by atoms with Crippen molar-refractivity contribution in [1.29, 1.82) is 0 Å². The van der Waals surface area contributed by atoms with Crippen LogP contribution in [0.25, 0.3) is 22.4 Å². The van der Waals surface area contributed by atoms with Crippen LogP contribution in [0.4, 0.5) is 0 Å². The molecule has 0 spiro atoms. The summed E-state index contributed by atoms with van der Waals surface area (Å²) in [7, 11) is 0. The van der Waals surface area contributed by atoms with Crippen LogP contribution in [-0.4, -0.2) is 4.98 Å². The zero-order valence-electron chi connectivity index (χ0n) is 15.5. The molecule has 1 nitrogen and oxygen atoms in total. The number of aromatic nitrogens is 1. The first-order valence-electron chi connectivity index (χ1n) is 8.50. The van der Waals surface area contributed by atoms with Gasteiger partial charge in [0.1, 0.15) is 0 Å². The van der Waals surface area contributed by atoms with E-state index in [4.69, 9.17) is 4.98 Å². The van der Waals surface area contributed by atoms with Crippen LogP contribution in [0.5, 0.6) is 0 Å². The second kappa shape index (κ2) is 6.24. The highest BCUT2D eigenvalue weighted by Crippen LogP contribution is 2.37. The minimum Gasteiger partial charge on any atom is -0.256 e. The summed E-state index contributed by atoms with van der Waals surface area (Å²) in [6, 6.07) is 13.2. The normalized spacial score (nSPS) is 10.9. The quantitative estimate of drug-likeness (QED) is 0.543. The maximum absolute atomic E-state index is 4.78. The van der Waals surface area contributed by atoms with Crippen molar-refractivity contribution in [3.05, 3.63) is 76.0 Å². The predicted octanol–water partition coefficient (Wildman–Crippen LogP) is 6.27. The van der Waals surface area contributed by atoms with Gasteiger partial charge in [0.2, 0.25) is 0 Å². The molecule has 0 atom stereocenters. The standard InChI is InChI=1S/C23H25N/c1-14-10-16(3)21(17(4)11-14)20-8-7-9-24-23(20)22-18(5)12-15(2)13-19(22)6/h7-13H,1-6H3. The first-order valence-corrected chi connectivity index (χ1v) is 8.50. The molecule has 24 heavy (non-hydrogen) atoms. The zero-order chi connectivity index (χ0) is 17.4. The topological polar surface area (TPSA) is 12.9 Å². The Morgan fingerprint density at radius 2 is 1.08 bits per heavy atom. The SMILES string of the molecule is Cc1cc(C)c(-c2cccnc2-c2c(C)cc(C)cc2C)c(C)c1. The molecule has 1 heterocycles. The summed E-state index contributed by atoms with van der Waals surface area (Å²) >= 11 is 0. The van der Waals surface area contributed by atoms with E-state index in [0.29, 0.717) is 0 Å². The van der Waals surface area contributed by atoms with Gasteiger partial charge in [-0.25, -0.2) is 0 Å². The molecule has 0 aliphatic carbocycles. The van der Waals surface area contributed by atoms with Crippen molar-refractivity contribution in [2.75, 3.05) is 0 Å². The van der Waals surface area contributed by atoms with E-state index in [0.717, 1.165) is 5.69 Å². The molecule has 0 amide bonds. The molecule has 2 aromatic carbocycles. The molecule has 0 saturated heterocycles. The fraction of sp³-hybridized carbons (Fsp3) is 0.261. The van der Waals surface area contributed by atoms with Crippen molar-refractivity contribution < 1.29 is 0 Å². The average Bonchev–Trinajstić information content (AvgIpc) is 2.46. The van der Waals surface area contributed by atoms with Gasteiger partial charge in [-0.3, -0.25) is 4.98 Å². The molecule has 0 unspecified atom stereocenters. The number of rotatable bonds is 2. The van der Waals surface area contributed by atoms with Gasteiger partial charge in [0, 0.05) is 17.3 Å². The molecule has 0 radical (unpaired) electrons. The van der Waals surface area contributed by atoms with E-state index in [1.165, 1.54) is 50.1 Å². The highest BCUT2D eigenvalue weighted by Gasteiger charge is 2.16. The van der Waals surface area contributed by atoms with Gasteiger partial charge in [0.05, 0.1) is 5.69 Å². The van der Waals surface area contributed by atoms with Crippen LogP contribution in [-0.2, 0) is 0 Å². The molecule has 0 fully saturated rings. The van der Waals surface area contributed by atoms with Gasteiger partial charge in [0.15, 0.2) is 0 Å². The summed E-state index contributed by atoms with van der Waals surface area (Å²) in [5.41, 5.74) is 12.7. The first-order chi connectivity index (χ1) is 11.4. The largest absolute Gasteiger partial charge is 0.256 e. The van der Waals surface area contributed by atoms with Crippen molar-refractivity contribution in [2.45, 2.75) is 41.5 Å². The van der Waals surface area contributed by atoms with Crippen molar-refractivity contribution in [2.24, 2.45) is 0 Å². The van der Waals surface area contributed by atoms with Crippen molar-refractivity contribution >= 4 is 0 Å². The van der Waals surface area contributed by atoms with Gasteiger partial charge in [-0.1, -0.05) is 41.5 Å². The van der Waals surface area contributed by atoms with Crippen LogP contribution >= 0.6 is 0 Å². The van der Waals surface area contributed by atoms with Crippen molar-refractivity contribution in [3.8, 4) is 22.4 Å². The lowest BCUT2D eigenvalue weighted by Gasteiger charge is -2.18. The lowest BCUT2D eigenvalue weighted by molar-refractivity contribution is 1.25. The Morgan fingerprint density at radius 3 is 1.58 bits per heavy atom. The van der Waals surface area contributed by atoms with Gasteiger partial charge in [-0.2, -0.15) is 0 Å². The van der Waals surface area contributed by atoms with Crippen LogP contribution in [0.2, 0.25) is 0 Å². The molecule has 0 bridgehead atoms. The van der Waals surface area contributed by atoms with E-state index < -0.39 is 0 Å². The summed E-state index contributed by atoms with van der Waals surface area (Å²) in [5, 5.41) is 0. The Morgan fingerprint density at radius 1 is 0.625 bits per heavy atom. The van der Waals surface area contributed by atoms with E-state index in [1.807, 2.05) is 12.3 Å². The molecule has 0 aliphatic rings. The number of aryl methyl sites for hydroxylation is 6. The van der Waals surface area contributed by atoms with Crippen LogP contribution in [0.1, 0.15) is 33.4 Å². The van der Waals surface area contributed by atoms with E-state index >= 15 is 0 Å². The van der Waals surface area contributed by atoms with E-state index in [9.17, 15) is 0 Å². The molecule has 122 valence electrons. The first kappa shape index (κ1) is 16.4. The minimum absolute atomic E-state index is 1.09. The van der Waals surface area contributed by atoms with Gasteiger partial charge in [-0.15, -0.1) is 0 Å². The summed E-state index contributed by atoms with van der Waals surface area (Å²) in [5.74, 6) is 0. The van der Waals surface area contributed by atoms with E-state index in [2.05, 4.69) is 71.9 Å². The maximum Gasteiger partial charge on any atom is 0.0785 e. The molecule has 0 aliphatic heterocycles. The van der Waals surface area contributed by atoms with E-state index in [-0.39, 0.29) is 0 Å². The fourth-order valence-electron chi connectivity index (χ4n) is 3.96. The lowest BCUT2D eigenvalue weighted by Crippen LogP contribution is -1.98. The van der Waals surface area contributed by atoms with E-state index in [1.54, 1.807) is 0 Å². The summed E-state index contributed by atoms with van der Waals surface area (Å²) in [4.78, 5) is 4.78. The Bertz CT molecular complexity index is 797. The highest BCUT2D eigenvalue weighted by atomic mass is 14.7. The Kier molecular flexibility index (Phi) is 4.28. The maximum atomic E-state index is 4.78. The summed E-state index contributed by atoms with van der Waals surface area (Å²) in [6.45, 7) is 13.1. The third kappa shape index (κ3) is 2.87. The van der Waals surface area contributed by atoms with Gasteiger partial charge < -0.3 is 0 Å². The molecule has 3 aromatic rings.